The first-order chi connectivity index (χ1) is 8.68. The molecule has 0 saturated carbocycles. The van der Waals surface area contributed by atoms with Crippen molar-refractivity contribution in [3.05, 3.63) is 0 Å². The zero-order chi connectivity index (χ0) is 14.6. The van der Waals surface area contributed by atoms with Crippen LogP contribution in [-0.4, -0.2) is 33.5 Å². The number of hydrogen-bond donors (Lipinski definition) is 3. The van der Waals surface area contributed by atoms with E-state index in [1.807, 2.05) is 0 Å². The van der Waals surface area contributed by atoms with Gasteiger partial charge in [0.2, 0.25) is 0 Å². The van der Waals surface area contributed by atoms with Crippen molar-refractivity contribution in [1.82, 2.24) is 0 Å². The molecule has 1 aliphatic rings. The summed E-state index contributed by atoms with van der Waals surface area (Å²) in [6.45, 7) is 2.77. The zero-order valence-corrected chi connectivity index (χ0v) is 12.5. The molecule has 2 unspecified atom stereocenters. The van der Waals surface area contributed by atoms with E-state index in [0.717, 1.165) is 32.3 Å². The van der Waals surface area contributed by atoms with Crippen molar-refractivity contribution in [2.24, 2.45) is 0 Å². The van der Waals surface area contributed by atoms with Crippen LogP contribution in [0.15, 0.2) is 0 Å². The van der Waals surface area contributed by atoms with E-state index >= 15 is 0 Å². The lowest BCUT2D eigenvalue weighted by Gasteiger charge is -2.12. The summed E-state index contributed by atoms with van der Waals surface area (Å²) in [6.07, 6.45) is 4.12. The molecule has 1 fully saturated rings. The second-order valence-corrected chi connectivity index (χ2v) is 7.34. The number of rotatable bonds is 10. The van der Waals surface area contributed by atoms with Gasteiger partial charge in [-0.3, -0.25) is 4.52 Å². The van der Waals surface area contributed by atoms with Crippen molar-refractivity contribution < 1.29 is 37.4 Å². The molecule has 1 rings (SSSR count). The Kier molecular flexibility index (Phi) is 6.17. The Bertz CT molecular complexity index is 374. The maximum atomic E-state index is 11.1. The van der Waals surface area contributed by atoms with Crippen molar-refractivity contribution in [1.29, 1.82) is 0 Å². The second kappa shape index (κ2) is 6.78. The number of unbranched alkanes of at least 4 members (excludes halogenated alkanes) is 2. The molecule has 0 aromatic rings. The van der Waals surface area contributed by atoms with Gasteiger partial charge in [-0.2, -0.15) is 4.31 Å². The Morgan fingerprint density at radius 2 is 1.84 bits per heavy atom. The highest BCUT2D eigenvalue weighted by Gasteiger charge is 2.41. The van der Waals surface area contributed by atoms with Gasteiger partial charge in [0.1, 0.15) is 0 Å². The smallest absolute Gasteiger partial charge is 0.370 e. The van der Waals surface area contributed by atoms with E-state index in [0.29, 0.717) is 6.42 Å². The number of hydrogen-bond acceptors (Lipinski definition) is 5. The van der Waals surface area contributed by atoms with E-state index in [9.17, 15) is 9.13 Å². The molecule has 114 valence electrons. The van der Waals surface area contributed by atoms with Gasteiger partial charge in [-0.25, -0.2) is 9.13 Å². The number of ether oxygens (including phenoxy) is 1. The molecule has 0 spiro atoms. The van der Waals surface area contributed by atoms with Crippen LogP contribution in [0.3, 0.4) is 0 Å². The van der Waals surface area contributed by atoms with Gasteiger partial charge in [-0.05, 0) is 19.3 Å². The van der Waals surface area contributed by atoms with Crippen LogP contribution in [0.5, 0.6) is 0 Å². The maximum absolute atomic E-state index is 11.1. The third-order valence-electron chi connectivity index (χ3n) is 2.94. The van der Waals surface area contributed by atoms with E-state index < -0.39 is 15.6 Å². The van der Waals surface area contributed by atoms with Gasteiger partial charge in [-0.1, -0.05) is 19.8 Å². The molecule has 0 radical (unpaired) electrons. The Morgan fingerprint density at radius 1 is 1.21 bits per heavy atom. The molecule has 1 heterocycles. The predicted molar refractivity (Wildman–Crippen MR) is 66.3 cm³/mol. The Hall–Kier alpha value is 0.220. The van der Waals surface area contributed by atoms with Crippen molar-refractivity contribution >= 4 is 15.6 Å². The molecule has 2 atom stereocenters. The second-order valence-electron chi connectivity index (χ2n) is 4.51. The zero-order valence-electron chi connectivity index (χ0n) is 10.7. The summed E-state index contributed by atoms with van der Waals surface area (Å²) in [5.41, 5.74) is 0.0383. The Morgan fingerprint density at radius 3 is 2.32 bits per heavy atom. The van der Waals surface area contributed by atoms with Gasteiger partial charge in [0.15, 0.2) is 0 Å². The lowest BCUT2D eigenvalue weighted by atomic mass is 10.00. The summed E-state index contributed by atoms with van der Waals surface area (Å²) in [4.78, 5) is 25.7. The third kappa shape index (κ3) is 7.54. The highest BCUT2D eigenvalue weighted by Crippen LogP contribution is 2.57. The first kappa shape index (κ1) is 17.3. The lowest BCUT2D eigenvalue weighted by molar-refractivity contribution is 0.175. The Labute approximate surface area is 111 Å². The van der Waals surface area contributed by atoms with Gasteiger partial charge in [0.25, 0.3) is 0 Å². The van der Waals surface area contributed by atoms with E-state index in [1.54, 1.807) is 0 Å². The molecule has 0 aromatic carbocycles. The van der Waals surface area contributed by atoms with Gasteiger partial charge in [0, 0.05) is 0 Å². The fraction of sp³-hybridized carbons (Fsp3) is 1.00. The third-order valence-corrected chi connectivity index (χ3v) is 5.12. The molecule has 8 nitrogen and oxygen atoms in total. The average Bonchev–Trinajstić information content (AvgIpc) is 3.00. The highest BCUT2D eigenvalue weighted by molar-refractivity contribution is 7.60. The maximum Gasteiger partial charge on any atom is 0.481 e. The minimum absolute atomic E-state index is 0.0383. The molecular formula is C9H20O8P2. The average molecular weight is 318 g/mol. The quantitative estimate of drug-likeness (QED) is 0.317. The van der Waals surface area contributed by atoms with Gasteiger partial charge in [0.05, 0.1) is 18.8 Å². The monoisotopic (exact) mass is 318 g/mol. The molecule has 19 heavy (non-hydrogen) atoms. The first-order valence-corrected chi connectivity index (χ1v) is 9.09. The molecule has 3 N–H and O–H groups in total. The molecular weight excluding hydrogens is 298 g/mol. The van der Waals surface area contributed by atoms with E-state index in [-0.39, 0.29) is 12.2 Å². The summed E-state index contributed by atoms with van der Waals surface area (Å²) in [5.74, 6) is 0. The summed E-state index contributed by atoms with van der Waals surface area (Å²) < 4.78 is 34.9. The molecule has 1 aliphatic heterocycles. The van der Waals surface area contributed by atoms with Crippen molar-refractivity contribution in [2.75, 3.05) is 13.2 Å². The SMILES string of the molecule is CCC1(CCCCCOP(=O)(O)OP(=O)(O)O)CO1. The van der Waals surface area contributed by atoms with Gasteiger partial charge < -0.3 is 19.4 Å². The predicted octanol–water partition coefficient (Wildman–Crippen LogP) is 1.95. The standard InChI is InChI=1S/C9H20O8P2/c1-2-9(8-15-9)6-4-3-5-7-16-19(13,14)17-18(10,11)12/h2-8H2,1H3,(H,13,14)(H2,10,11,12). The van der Waals surface area contributed by atoms with E-state index in [4.69, 9.17) is 19.4 Å². The van der Waals surface area contributed by atoms with Crippen molar-refractivity contribution in [3.8, 4) is 0 Å². The van der Waals surface area contributed by atoms with Crippen LogP contribution in [0.2, 0.25) is 0 Å². The number of epoxide rings is 1. The van der Waals surface area contributed by atoms with Crippen LogP contribution in [0.4, 0.5) is 0 Å². The van der Waals surface area contributed by atoms with Crippen LogP contribution in [0.25, 0.3) is 0 Å². The van der Waals surface area contributed by atoms with Crippen LogP contribution >= 0.6 is 15.6 Å². The summed E-state index contributed by atoms with van der Waals surface area (Å²) in [6, 6.07) is 0. The summed E-state index contributed by atoms with van der Waals surface area (Å²) in [5, 5.41) is 0. The molecule has 0 bridgehead atoms. The van der Waals surface area contributed by atoms with Crippen molar-refractivity contribution in [2.45, 2.75) is 44.6 Å². The Balaban J connectivity index is 2.07. The van der Waals surface area contributed by atoms with Crippen LogP contribution in [-0.2, 0) is 22.7 Å². The van der Waals surface area contributed by atoms with Crippen molar-refractivity contribution in [3.63, 3.8) is 0 Å². The van der Waals surface area contributed by atoms with E-state index in [1.165, 1.54) is 0 Å². The van der Waals surface area contributed by atoms with Crippen LogP contribution in [0.1, 0.15) is 39.0 Å². The number of phosphoric acid groups is 2. The van der Waals surface area contributed by atoms with Gasteiger partial charge >= 0.3 is 15.6 Å². The minimum Gasteiger partial charge on any atom is -0.370 e. The lowest BCUT2D eigenvalue weighted by Crippen LogP contribution is -2.08. The molecule has 1 saturated heterocycles. The fourth-order valence-electron chi connectivity index (χ4n) is 1.69. The molecule has 10 heteroatoms. The first-order valence-electron chi connectivity index (χ1n) is 6.06. The topological polar surface area (TPSA) is 126 Å². The van der Waals surface area contributed by atoms with Crippen LogP contribution < -0.4 is 0 Å². The summed E-state index contributed by atoms with van der Waals surface area (Å²) in [7, 11) is -9.70. The van der Waals surface area contributed by atoms with Gasteiger partial charge in [-0.15, -0.1) is 0 Å². The normalized spacial score (nSPS) is 26.1. The largest absolute Gasteiger partial charge is 0.481 e. The van der Waals surface area contributed by atoms with Crippen LogP contribution in [0, 0.1) is 0 Å². The minimum atomic E-state index is -5.02. The summed E-state index contributed by atoms with van der Waals surface area (Å²) >= 11 is 0. The molecule has 0 amide bonds. The van der Waals surface area contributed by atoms with E-state index in [2.05, 4.69) is 15.8 Å². The highest BCUT2D eigenvalue weighted by atomic mass is 31.3. The molecule has 0 aliphatic carbocycles. The molecule has 0 aromatic heterocycles. The number of phosphoric ester groups is 1. The fourth-order valence-corrected chi connectivity index (χ4v) is 3.31.